The number of methoxy groups -OCH3 is 3. The fraction of sp³-hybridized carbons (Fsp3) is 0.286. The monoisotopic (exact) mass is 398 g/mol. The highest BCUT2D eigenvalue weighted by molar-refractivity contribution is 6.53. The maximum Gasteiger partial charge on any atom is 0.300 e. The second-order valence-electron chi connectivity index (χ2n) is 6.35. The summed E-state index contributed by atoms with van der Waals surface area (Å²) in [4.78, 5) is 38.6. The smallest absolute Gasteiger partial charge is 0.300 e. The molecule has 0 saturated heterocycles. The number of benzene rings is 2. The van der Waals surface area contributed by atoms with Gasteiger partial charge in [-0.05, 0) is 12.0 Å². The molecule has 0 aromatic heterocycles. The van der Waals surface area contributed by atoms with Crippen LogP contribution < -0.4 is 24.4 Å². The first kappa shape index (κ1) is 20.2. The third-order valence-corrected chi connectivity index (χ3v) is 4.65. The lowest BCUT2D eigenvalue weighted by atomic mass is 10.1. The molecule has 1 N–H and O–H groups in total. The Bertz CT molecular complexity index is 942. The Morgan fingerprint density at radius 3 is 2.31 bits per heavy atom. The van der Waals surface area contributed by atoms with E-state index in [1.54, 1.807) is 0 Å². The first-order valence-electron chi connectivity index (χ1n) is 9.01. The second-order valence-corrected chi connectivity index (χ2v) is 6.35. The van der Waals surface area contributed by atoms with Gasteiger partial charge in [0.25, 0.3) is 11.7 Å². The fourth-order valence-electron chi connectivity index (χ4n) is 3.26. The third-order valence-electron chi connectivity index (χ3n) is 4.65. The Labute approximate surface area is 168 Å². The molecular weight excluding hydrogens is 376 g/mol. The van der Waals surface area contributed by atoms with Gasteiger partial charge in [0, 0.05) is 12.6 Å². The molecule has 29 heavy (non-hydrogen) atoms. The average Bonchev–Trinajstić information content (AvgIpc) is 2.97. The molecule has 1 aliphatic rings. The molecule has 2 aromatic rings. The van der Waals surface area contributed by atoms with E-state index in [9.17, 15) is 14.4 Å². The molecule has 0 atom stereocenters. The van der Waals surface area contributed by atoms with Crippen molar-refractivity contribution in [2.45, 2.75) is 6.42 Å². The van der Waals surface area contributed by atoms with Crippen LogP contribution in [0.15, 0.2) is 36.4 Å². The number of hydrogen-bond donors (Lipinski definition) is 1. The number of hydrogen-bond acceptors (Lipinski definition) is 6. The summed E-state index contributed by atoms with van der Waals surface area (Å²) < 4.78 is 15.9. The minimum Gasteiger partial charge on any atom is -0.493 e. The lowest BCUT2D eigenvalue weighted by molar-refractivity contribution is -0.122. The number of carbonyl (C=O) groups is 3. The predicted molar refractivity (Wildman–Crippen MR) is 106 cm³/mol. The normalized spacial score (nSPS) is 12.6. The van der Waals surface area contributed by atoms with Crippen LogP contribution in [-0.2, 0) is 16.0 Å². The number of carbonyl (C=O) groups excluding carboxylic acids is 3. The van der Waals surface area contributed by atoms with Crippen molar-refractivity contribution in [3.8, 4) is 17.2 Å². The number of nitrogens with zero attached hydrogens (tertiary/aromatic N) is 1. The second kappa shape index (κ2) is 8.64. The maximum absolute atomic E-state index is 12.5. The van der Waals surface area contributed by atoms with Gasteiger partial charge in [0.15, 0.2) is 11.5 Å². The van der Waals surface area contributed by atoms with Gasteiger partial charge in [0.05, 0.1) is 32.6 Å². The van der Waals surface area contributed by atoms with Crippen molar-refractivity contribution >= 4 is 23.3 Å². The van der Waals surface area contributed by atoms with E-state index in [4.69, 9.17) is 14.2 Å². The highest BCUT2D eigenvalue weighted by Gasteiger charge is 2.41. The van der Waals surface area contributed by atoms with E-state index in [1.807, 2.05) is 30.3 Å². The molecule has 152 valence electrons. The zero-order chi connectivity index (χ0) is 21.0. The first-order valence-corrected chi connectivity index (χ1v) is 9.01. The molecule has 0 unspecified atom stereocenters. The molecule has 0 radical (unpaired) electrons. The summed E-state index contributed by atoms with van der Waals surface area (Å²) in [5.41, 5.74) is 1.41. The van der Waals surface area contributed by atoms with Crippen molar-refractivity contribution in [2.75, 3.05) is 39.3 Å². The quantitative estimate of drug-likeness (QED) is 0.679. The van der Waals surface area contributed by atoms with Crippen LogP contribution in [0.2, 0.25) is 0 Å². The van der Waals surface area contributed by atoms with Crippen LogP contribution in [0.1, 0.15) is 15.9 Å². The Hall–Kier alpha value is -3.55. The summed E-state index contributed by atoms with van der Waals surface area (Å²) in [7, 11) is 4.21. The topological polar surface area (TPSA) is 94.2 Å². The van der Waals surface area contributed by atoms with E-state index in [0.717, 1.165) is 10.5 Å². The highest BCUT2D eigenvalue weighted by Crippen LogP contribution is 2.47. The zero-order valence-corrected chi connectivity index (χ0v) is 16.5. The number of ketones is 1. The van der Waals surface area contributed by atoms with Crippen LogP contribution in [0.5, 0.6) is 17.2 Å². The van der Waals surface area contributed by atoms with Crippen molar-refractivity contribution in [1.29, 1.82) is 0 Å². The number of ether oxygens (including phenoxy) is 3. The summed E-state index contributed by atoms with van der Waals surface area (Å²) in [6.45, 7) is 0.131. The maximum atomic E-state index is 12.5. The Morgan fingerprint density at radius 1 is 1.00 bits per heavy atom. The number of anilines is 1. The van der Waals surface area contributed by atoms with Crippen LogP contribution in [0, 0.1) is 0 Å². The van der Waals surface area contributed by atoms with Crippen molar-refractivity contribution in [3.63, 3.8) is 0 Å². The van der Waals surface area contributed by atoms with Crippen molar-refractivity contribution in [1.82, 2.24) is 5.32 Å². The molecule has 2 amide bonds. The van der Waals surface area contributed by atoms with Gasteiger partial charge in [-0.2, -0.15) is 0 Å². The molecule has 3 rings (SSSR count). The largest absolute Gasteiger partial charge is 0.493 e. The number of nitrogens with one attached hydrogen (secondary N) is 1. The Kier molecular flexibility index (Phi) is 6.01. The van der Waals surface area contributed by atoms with Crippen LogP contribution in [0.25, 0.3) is 0 Å². The molecule has 0 fully saturated rings. The lowest BCUT2D eigenvalue weighted by Crippen LogP contribution is -2.40. The van der Waals surface area contributed by atoms with Crippen molar-refractivity contribution in [2.24, 2.45) is 0 Å². The molecule has 0 bridgehead atoms. The lowest BCUT2D eigenvalue weighted by Gasteiger charge is -2.19. The third kappa shape index (κ3) is 3.87. The zero-order valence-electron chi connectivity index (χ0n) is 16.5. The predicted octanol–water partition coefficient (Wildman–Crippen LogP) is 1.60. The SMILES string of the molecule is COc1cc2c(c(OC)c1OC)C(=O)C(=O)N2CC(=O)NCCc1ccccc1. The standard InChI is InChI=1S/C21H22N2O6/c1-27-15-11-14-17(20(29-3)19(15)28-2)18(25)21(26)23(14)12-16(24)22-10-9-13-7-5-4-6-8-13/h4-8,11H,9-10,12H2,1-3H3,(H,22,24). The first-order chi connectivity index (χ1) is 14.0. The average molecular weight is 398 g/mol. The van der Waals surface area contributed by atoms with Gasteiger partial charge in [-0.25, -0.2) is 0 Å². The molecule has 8 heteroatoms. The molecule has 0 aliphatic carbocycles. The van der Waals surface area contributed by atoms with E-state index in [1.165, 1.54) is 27.4 Å². The molecule has 1 heterocycles. The number of rotatable bonds is 8. The molecule has 0 saturated carbocycles. The van der Waals surface area contributed by atoms with Crippen molar-refractivity contribution < 1.29 is 28.6 Å². The Morgan fingerprint density at radius 2 is 1.69 bits per heavy atom. The van der Waals surface area contributed by atoms with E-state index in [-0.39, 0.29) is 35.2 Å². The van der Waals surface area contributed by atoms with Gasteiger partial charge in [0.1, 0.15) is 6.54 Å². The van der Waals surface area contributed by atoms with Crippen LogP contribution in [0.4, 0.5) is 5.69 Å². The van der Waals surface area contributed by atoms with E-state index in [2.05, 4.69) is 5.32 Å². The van der Waals surface area contributed by atoms with Gasteiger partial charge in [-0.3, -0.25) is 19.3 Å². The molecule has 2 aromatic carbocycles. The van der Waals surface area contributed by atoms with Gasteiger partial charge in [-0.15, -0.1) is 0 Å². The van der Waals surface area contributed by atoms with E-state index < -0.39 is 11.7 Å². The minimum atomic E-state index is -0.799. The van der Waals surface area contributed by atoms with Gasteiger partial charge >= 0.3 is 0 Å². The molecule has 8 nitrogen and oxygen atoms in total. The fourth-order valence-corrected chi connectivity index (χ4v) is 3.26. The van der Waals surface area contributed by atoms with E-state index >= 15 is 0 Å². The summed E-state index contributed by atoms with van der Waals surface area (Å²) in [6.07, 6.45) is 0.662. The van der Waals surface area contributed by atoms with Crippen molar-refractivity contribution in [3.05, 3.63) is 47.5 Å². The molecule has 0 spiro atoms. The number of Topliss-reactive ketones (excluding diaryl/α,β-unsaturated/α-hetero) is 1. The van der Waals surface area contributed by atoms with Gasteiger partial charge in [0.2, 0.25) is 11.7 Å². The van der Waals surface area contributed by atoms with Gasteiger partial charge in [-0.1, -0.05) is 30.3 Å². The molecular formula is C21H22N2O6. The summed E-state index contributed by atoms with van der Waals surface area (Å²) in [5, 5.41) is 2.77. The highest BCUT2D eigenvalue weighted by atomic mass is 16.5. The van der Waals surface area contributed by atoms with Crippen LogP contribution >= 0.6 is 0 Å². The Balaban J connectivity index is 1.78. The molecule has 1 aliphatic heterocycles. The van der Waals surface area contributed by atoms with Gasteiger partial charge < -0.3 is 19.5 Å². The number of amides is 2. The van der Waals surface area contributed by atoms with Crippen LogP contribution in [0.3, 0.4) is 0 Å². The van der Waals surface area contributed by atoms with Crippen LogP contribution in [-0.4, -0.2) is 52.0 Å². The summed E-state index contributed by atoms with van der Waals surface area (Å²) in [6, 6.07) is 11.2. The summed E-state index contributed by atoms with van der Waals surface area (Å²) >= 11 is 0. The summed E-state index contributed by atoms with van der Waals surface area (Å²) in [5.74, 6) is -1.32. The minimum absolute atomic E-state index is 0.0623. The van der Waals surface area contributed by atoms with E-state index in [0.29, 0.717) is 18.7 Å². The number of fused-ring (bicyclic) bond motifs is 1.